The van der Waals surface area contributed by atoms with Gasteiger partial charge in [0.05, 0.1) is 17.8 Å². The van der Waals surface area contributed by atoms with Crippen LogP contribution in [0.2, 0.25) is 0 Å². The summed E-state index contributed by atoms with van der Waals surface area (Å²) in [7, 11) is 1.49. The molecular formula is C44H55N3O2S. The summed E-state index contributed by atoms with van der Waals surface area (Å²) in [5, 5.41) is 0. The van der Waals surface area contributed by atoms with Crippen LogP contribution in [0.4, 0.5) is 11.4 Å². The number of esters is 1. The summed E-state index contributed by atoms with van der Waals surface area (Å²) in [6.45, 7) is 7.53. The average Bonchev–Trinajstić information content (AvgIpc) is 3.20. The fourth-order valence-corrected chi connectivity index (χ4v) is 9.35. The monoisotopic (exact) mass is 689 g/mol. The normalized spacial score (nSPS) is 16.0. The standard InChI is InChI=1S/C44H55N3O2S/c1-49-43(48)37-27-30-46(31-28-37)41-23-25-42(26-24-41)47-34-32-45(33-35-47)29-15-4-2-3-5-16-36-50-44(38-17-9-6-10-18-38,39-19-11-7-12-20-39)40-21-13-8-14-22-40/h6-14,17-26,37H,2-5,15-16,27-36H2,1H3. The van der Waals surface area contributed by atoms with E-state index in [4.69, 9.17) is 4.74 Å². The van der Waals surface area contributed by atoms with Gasteiger partial charge in [-0.05, 0) is 78.9 Å². The van der Waals surface area contributed by atoms with E-state index in [0.29, 0.717) is 0 Å². The number of carbonyl (C=O) groups excluding carboxylic acids is 1. The highest BCUT2D eigenvalue weighted by Gasteiger charge is 2.36. The van der Waals surface area contributed by atoms with Crippen LogP contribution in [0.15, 0.2) is 115 Å². The fraction of sp³-hybridized carbons (Fsp3) is 0.432. The Labute approximate surface area is 305 Å². The van der Waals surface area contributed by atoms with Gasteiger partial charge in [0, 0.05) is 50.6 Å². The van der Waals surface area contributed by atoms with Crippen molar-refractivity contribution in [3.05, 3.63) is 132 Å². The highest BCUT2D eigenvalue weighted by molar-refractivity contribution is 8.00. The first-order valence-corrected chi connectivity index (χ1v) is 19.9. The summed E-state index contributed by atoms with van der Waals surface area (Å²) < 4.78 is 4.74. The van der Waals surface area contributed by atoms with Gasteiger partial charge in [0.2, 0.25) is 0 Å². The molecule has 0 N–H and O–H groups in total. The number of methoxy groups -OCH3 is 1. The first-order valence-electron chi connectivity index (χ1n) is 18.9. The highest BCUT2D eigenvalue weighted by atomic mass is 32.2. The SMILES string of the molecule is COC(=O)C1CCN(c2ccc(N3CCN(CCCCCCCCSC(c4ccccc4)(c4ccccc4)c4ccccc4)CC3)cc2)CC1. The second-order valence-electron chi connectivity index (χ2n) is 13.9. The molecule has 0 bridgehead atoms. The van der Waals surface area contributed by atoms with Crippen molar-refractivity contribution in [3.8, 4) is 0 Å². The van der Waals surface area contributed by atoms with Crippen LogP contribution in [0.1, 0.15) is 68.1 Å². The third kappa shape index (κ3) is 9.13. The molecule has 0 atom stereocenters. The smallest absolute Gasteiger partial charge is 0.308 e. The summed E-state index contributed by atoms with van der Waals surface area (Å²) in [6, 6.07) is 42.3. The minimum Gasteiger partial charge on any atom is -0.469 e. The molecular weight excluding hydrogens is 635 g/mol. The molecule has 0 aliphatic carbocycles. The maximum atomic E-state index is 11.9. The Hall–Kier alpha value is -3.74. The van der Waals surface area contributed by atoms with Crippen LogP contribution in [0.3, 0.4) is 0 Å². The molecule has 0 aromatic heterocycles. The Kier molecular flexibility index (Phi) is 13.3. The van der Waals surface area contributed by atoms with Crippen molar-refractivity contribution in [2.45, 2.75) is 56.1 Å². The van der Waals surface area contributed by atoms with Gasteiger partial charge in [-0.3, -0.25) is 9.69 Å². The van der Waals surface area contributed by atoms with E-state index in [9.17, 15) is 4.79 Å². The lowest BCUT2D eigenvalue weighted by Crippen LogP contribution is -2.46. The summed E-state index contributed by atoms with van der Waals surface area (Å²) >= 11 is 2.10. The van der Waals surface area contributed by atoms with Crippen LogP contribution in [0.5, 0.6) is 0 Å². The number of rotatable bonds is 16. The number of benzene rings is 4. The molecule has 2 aliphatic heterocycles. The maximum absolute atomic E-state index is 11.9. The largest absolute Gasteiger partial charge is 0.469 e. The van der Waals surface area contributed by atoms with Crippen LogP contribution < -0.4 is 9.80 Å². The number of hydrogen-bond acceptors (Lipinski definition) is 6. The first kappa shape index (κ1) is 36.1. The Morgan fingerprint density at radius 1 is 0.600 bits per heavy atom. The number of ether oxygens (including phenoxy) is 1. The van der Waals surface area contributed by atoms with E-state index >= 15 is 0 Å². The average molecular weight is 690 g/mol. The van der Waals surface area contributed by atoms with Crippen LogP contribution >= 0.6 is 11.8 Å². The third-order valence-corrected chi connectivity index (χ3v) is 12.3. The van der Waals surface area contributed by atoms with Crippen molar-refractivity contribution in [2.75, 3.05) is 68.5 Å². The van der Waals surface area contributed by atoms with E-state index in [1.807, 2.05) is 0 Å². The molecule has 4 aromatic carbocycles. The van der Waals surface area contributed by atoms with Gasteiger partial charge in [0.25, 0.3) is 0 Å². The predicted molar refractivity (Wildman–Crippen MR) is 211 cm³/mol. The van der Waals surface area contributed by atoms with Gasteiger partial charge in [-0.15, -0.1) is 11.8 Å². The summed E-state index contributed by atoms with van der Waals surface area (Å²) in [5.41, 5.74) is 6.64. The molecule has 0 radical (unpaired) electrons. The molecule has 0 spiro atoms. The molecule has 2 aliphatic rings. The number of piperidine rings is 1. The molecule has 264 valence electrons. The molecule has 2 heterocycles. The first-order chi connectivity index (χ1) is 24.7. The highest BCUT2D eigenvalue weighted by Crippen LogP contribution is 2.48. The van der Waals surface area contributed by atoms with Gasteiger partial charge in [0.1, 0.15) is 0 Å². The van der Waals surface area contributed by atoms with Crippen molar-refractivity contribution in [1.29, 1.82) is 0 Å². The van der Waals surface area contributed by atoms with Gasteiger partial charge < -0.3 is 14.5 Å². The van der Waals surface area contributed by atoms with Gasteiger partial charge in [0.15, 0.2) is 0 Å². The third-order valence-electron chi connectivity index (χ3n) is 10.7. The topological polar surface area (TPSA) is 36.0 Å². The van der Waals surface area contributed by atoms with Crippen molar-refractivity contribution in [3.63, 3.8) is 0 Å². The lowest BCUT2D eigenvalue weighted by molar-refractivity contribution is -0.146. The number of unbranched alkanes of at least 4 members (excludes halogenated alkanes) is 5. The number of nitrogens with zero attached hydrogens (tertiary/aromatic N) is 3. The number of hydrogen-bond donors (Lipinski definition) is 0. The van der Waals surface area contributed by atoms with Crippen molar-refractivity contribution in [2.24, 2.45) is 5.92 Å². The zero-order chi connectivity index (χ0) is 34.4. The van der Waals surface area contributed by atoms with E-state index in [2.05, 4.69) is 142 Å². The van der Waals surface area contributed by atoms with E-state index < -0.39 is 0 Å². The Balaban J connectivity index is 0.881. The zero-order valence-corrected chi connectivity index (χ0v) is 30.7. The van der Waals surface area contributed by atoms with Gasteiger partial charge >= 0.3 is 5.97 Å². The van der Waals surface area contributed by atoms with Crippen LogP contribution in [0.25, 0.3) is 0 Å². The molecule has 0 amide bonds. The van der Waals surface area contributed by atoms with E-state index in [-0.39, 0.29) is 16.6 Å². The molecule has 50 heavy (non-hydrogen) atoms. The number of piperazine rings is 1. The molecule has 0 unspecified atom stereocenters. The molecule has 4 aromatic rings. The maximum Gasteiger partial charge on any atom is 0.308 e. The zero-order valence-electron chi connectivity index (χ0n) is 29.9. The van der Waals surface area contributed by atoms with Crippen LogP contribution in [0, 0.1) is 5.92 Å². The lowest BCUT2D eigenvalue weighted by atomic mass is 9.84. The molecule has 6 heteroatoms. The van der Waals surface area contributed by atoms with Crippen molar-refractivity contribution >= 4 is 29.1 Å². The number of thioether (sulfide) groups is 1. The predicted octanol–water partition coefficient (Wildman–Crippen LogP) is 9.26. The van der Waals surface area contributed by atoms with Crippen LogP contribution in [-0.2, 0) is 14.3 Å². The van der Waals surface area contributed by atoms with Crippen molar-refractivity contribution in [1.82, 2.24) is 4.90 Å². The Morgan fingerprint density at radius 3 is 1.52 bits per heavy atom. The van der Waals surface area contributed by atoms with Crippen molar-refractivity contribution < 1.29 is 9.53 Å². The fourth-order valence-electron chi connectivity index (χ4n) is 7.78. The Bertz CT molecular complexity index is 1450. The Morgan fingerprint density at radius 2 is 1.04 bits per heavy atom. The second kappa shape index (κ2) is 18.5. The van der Waals surface area contributed by atoms with Gasteiger partial charge in [-0.1, -0.05) is 117 Å². The molecule has 2 saturated heterocycles. The van der Waals surface area contributed by atoms with E-state index in [0.717, 1.165) is 57.9 Å². The minimum atomic E-state index is -0.206. The number of carbonyl (C=O) groups is 1. The summed E-state index contributed by atoms with van der Waals surface area (Å²) in [5.74, 6) is 1.13. The molecule has 5 nitrogen and oxygen atoms in total. The van der Waals surface area contributed by atoms with Crippen LogP contribution in [-0.4, -0.2) is 69.5 Å². The lowest BCUT2D eigenvalue weighted by Gasteiger charge is -2.36. The molecule has 2 fully saturated rings. The van der Waals surface area contributed by atoms with E-state index in [1.54, 1.807) is 0 Å². The summed E-state index contributed by atoms with van der Waals surface area (Å²) in [6.07, 6.45) is 9.57. The quantitative estimate of drug-likeness (QED) is 0.0663. The minimum absolute atomic E-state index is 0.0498. The number of anilines is 2. The summed E-state index contributed by atoms with van der Waals surface area (Å²) in [4.78, 5) is 19.5. The van der Waals surface area contributed by atoms with E-state index in [1.165, 1.54) is 80.2 Å². The van der Waals surface area contributed by atoms with Gasteiger partial charge in [-0.25, -0.2) is 0 Å². The van der Waals surface area contributed by atoms with Gasteiger partial charge in [-0.2, -0.15) is 0 Å². The molecule has 6 rings (SSSR count). The second-order valence-corrected chi connectivity index (χ2v) is 15.2. The molecule has 0 saturated carbocycles.